The number of hydrogen-bond donors (Lipinski definition) is 2. The minimum absolute atomic E-state index is 0.101. The van der Waals surface area contributed by atoms with Gasteiger partial charge in [-0.2, -0.15) is 0 Å². The van der Waals surface area contributed by atoms with Crippen molar-refractivity contribution in [2.45, 2.75) is 26.0 Å². The van der Waals surface area contributed by atoms with Crippen molar-refractivity contribution in [2.75, 3.05) is 5.32 Å². The summed E-state index contributed by atoms with van der Waals surface area (Å²) in [5.41, 5.74) is 0.418. The van der Waals surface area contributed by atoms with Gasteiger partial charge in [0.1, 0.15) is 11.6 Å². The van der Waals surface area contributed by atoms with Gasteiger partial charge in [-0.3, -0.25) is 9.59 Å². The fourth-order valence-corrected chi connectivity index (χ4v) is 2.49. The number of carbonyl (C=O) groups excluding carboxylic acids is 2. The monoisotopic (exact) mass is 328 g/mol. The topological polar surface area (TPSA) is 67.4 Å². The first kappa shape index (κ1) is 16.0. The molecule has 1 heterocycles. The van der Waals surface area contributed by atoms with Crippen LogP contribution in [0.15, 0.2) is 42.5 Å². The molecule has 124 valence electrons. The largest absolute Gasteiger partial charge is 0.466 e. The number of fused-ring (bicyclic) bond motifs is 1. The summed E-state index contributed by atoms with van der Waals surface area (Å²) in [7, 11) is 0. The average Bonchev–Trinajstić information content (AvgIpc) is 2.54. The van der Waals surface area contributed by atoms with Crippen LogP contribution in [0.4, 0.5) is 10.1 Å². The number of halogens is 1. The Hall–Kier alpha value is -2.89. The van der Waals surface area contributed by atoms with Crippen molar-refractivity contribution in [3.8, 4) is 5.75 Å². The first-order chi connectivity index (χ1) is 11.4. The first-order valence-corrected chi connectivity index (χ1v) is 7.52. The van der Waals surface area contributed by atoms with E-state index >= 15 is 0 Å². The van der Waals surface area contributed by atoms with Gasteiger partial charge in [0.15, 0.2) is 0 Å². The summed E-state index contributed by atoms with van der Waals surface area (Å²) in [6.07, 6.45) is 0. The maximum absolute atomic E-state index is 13.2. The molecule has 24 heavy (non-hydrogen) atoms. The van der Waals surface area contributed by atoms with Crippen LogP contribution < -0.4 is 15.4 Å². The van der Waals surface area contributed by atoms with E-state index in [1.54, 1.807) is 24.3 Å². The average molecular weight is 328 g/mol. The summed E-state index contributed by atoms with van der Waals surface area (Å²) in [4.78, 5) is 24.8. The molecule has 3 rings (SSSR count). The maximum Gasteiger partial charge on any atom is 0.278 e. The van der Waals surface area contributed by atoms with E-state index in [-0.39, 0.29) is 12.4 Å². The minimum atomic E-state index is -1.68. The van der Waals surface area contributed by atoms with Crippen LogP contribution in [-0.4, -0.2) is 17.4 Å². The van der Waals surface area contributed by atoms with E-state index in [0.717, 1.165) is 5.56 Å². The Kier molecular flexibility index (Phi) is 3.97. The third-order valence-corrected chi connectivity index (χ3v) is 3.91. The molecule has 0 spiro atoms. The van der Waals surface area contributed by atoms with Gasteiger partial charge in [0.25, 0.3) is 17.4 Å². The number of amides is 2. The first-order valence-electron chi connectivity index (χ1n) is 7.52. The number of aryl methyl sites for hydroxylation is 1. The molecule has 0 aliphatic carbocycles. The molecule has 0 saturated carbocycles. The Balaban J connectivity index is 1.76. The van der Waals surface area contributed by atoms with Crippen LogP contribution in [0.1, 0.15) is 18.1 Å². The number of hydrogen-bond acceptors (Lipinski definition) is 3. The van der Waals surface area contributed by atoms with E-state index in [4.69, 9.17) is 4.74 Å². The second-order valence-electron chi connectivity index (χ2n) is 5.90. The summed E-state index contributed by atoms with van der Waals surface area (Å²) in [5.74, 6) is -1.08. The highest BCUT2D eigenvalue weighted by Gasteiger charge is 2.47. The van der Waals surface area contributed by atoms with Crippen molar-refractivity contribution in [1.29, 1.82) is 0 Å². The van der Waals surface area contributed by atoms with Crippen LogP contribution >= 0.6 is 0 Å². The van der Waals surface area contributed by atoms with E-state index in [9.17, 15) is 14.0 Å². The molecule has 0 radical (unpaired) electrons. The molecule has 2 N–H and O–H groups in total. The minimum Gasteiger partial charge on any atom is -0.466 e. The fraction of sp³-hybridized carbons (Fsp3) is 0.222. The standard InChI is InChI=1S/C18H17FN2O3/c1-11-6-7-15-14(8-11)21-17(23)18(2,24-15)16(22)20-10-12-4-3-5-13(19)9-12/h3-9H,10H2,1-2H3,(H,20,22)(H,21,23). The zero-order valence-electron chi connectivity index (χ0n) is 13.4. The molecule has 0 saturated heterocycles. The van der Waals surface area contributed by atoms with Gasteiger partial charge in [-0.05, 0) is 49.2 Å². The van der Waals surface area contributed by atoms with E-state index in [0.29, 0.717) is 17.0 Å². The summed E-state index contributed by atoms with van der Waals surface area (Å²) < 4.78 is 18.8. The second-order valence-corrected chi connectivity index (χ2v) is 5.90. The predicted molar refractivity (Wildman–Crippen MR) is 87.1 cm³/mol. The Labute approximate surface area is 138 Å². The molecule has 6 heteroatoms. The number of anilines is 1. The molecule has 1 unspecified atom stereocenters. The third-order valence-electron chi connectivity index (χ3n) is 3.91. The van der Waals surface area contributed by atoms with E-state index < -0.39 is 17.4 Å². The third kappa shape index (κ3) is 2.95. The number of ether oxygens (including phenoxy) is 1. The SMILES string of the molecule is Cc1ccc2c(c1)NC(=O)C(C)(C(=O)NCc1cccc(F)c1)O2. The molecule has 5 nitrogen and oxygen atoms in total. The van der Waals surface area contributed by atoms with Gasteiger partial charge in [-0.1, -0.05) is 18.2 Å². The van der Waals surface area contributed by atoms with Gasteiger partial charge in [0, 0.05) is 6.54 Å². The van der Waals surface area contributed by atoms with Crippen molar-refractivity contribution in [3.05, 3.63) is 59.4 Å². The Morgan fingerprint density at radius 2 is 2.08 bits per heavy atom. The lowest BCUT2D eigenvalue weighted by atomic mass is 10.0. The molecular formula is C18H17FN2O3. The molecule has 0 fully saturated rings. The Morgan fingerprint density at radius 3 is 2.83 bits per heavy atom. The highest BCUT2D eigenvalue weighted by Crippen LogP contribution is 2.34. The lowest BCUT2D eigenvalue weighted by Crippen LogP contribution is -2.58. The van der Waals surface area contributed by atoms with Gasteiger partial charge in [0.2, 0.25) is 0 Å². The molecule has 1 atom stereocenters. The summed E-state index contributed by atoms with van der Waals surface area (Å²) >= 11 is 0. The number of nitrogens with one attached hydrogen (secondary N) is 2. The van der Waals surface area contributed by atoms with Crippen LogP contribution in [0.5, 0.6) is 5.75 Å². The van der Waals surface area contributed by atoms with E-state index in [1.807, 2.05) is 13.0 Å². The summed E-state index contributed by atoms with van der Waals surface area (Å²) in [6.45, 7) is 3.40. The van der Waals surface area contributed by atoms with Gasteiger partial charge in [0.05, 0.1) is 5.69 Å². The lowest BCUT2D eigenvalue weighted by molar-refractivity contribution is -0.146. The molecular weight excluding hydrogens is 311 g/mol. The van der Waals surface area contributed by atoms with Crippen LogP contribution in [0.2, 0.25) is 0 Å². The summed E-state index contributed by atoms with van der Waals surface area (Å²) in [6, 6.07) is 11.2. The van der Waals surface area contributed by atoms with Crippen LogP contribution in [0.25, 0.3) is 0 Å². The molecule has 1 aliphatic heterocycles. The lowest BCUT2D eigenvalue weighted by Gasteiger charge is -2.33. The van der Waals surface area contributed by atoms with Crippen molar-refractivity contribution >= 4 is 17.5 Å². The Morgan fingerprint density at radius 1 is 1.29 bits per heavy atom. The normalized spacial score (nSPS) is 19.0. The number of rotatable bonds is 3. The van der Waals surface area contributed by atoms with Gasteiger partial charge in [-0.15, -0.1) is 0 Å². The molecule has 0 aromatic heterocycles. The summed E-state index contributed by atoms with van der Waals surface area (Å²) in [5, 5.41) is 5.31. The van der Waals surface area contributed by atoms with Gasteiger partial charge >= 0.3 is 0 Å². The van der Waals surface area contributed by atoms with Crippen LogP contribution in [0.3, 0.4) is 0 Å². The van der Waals surface area contributed by atoms with Crippen LogP contribution in [0, 0.1) is 12.7 Å². The van der Waals surface area contributed by atoms with Crippen molar-refractivity contribution in [1.82, 2.24) is 5.32 Å². The van der Waals surface area contributed by atoms with Crippen LogP contribution in [-0.2, 0) is 16.1 Å². The van der Waals surface area contributed by atoms with Crippen molar-refractivity contribution in [2.24, 2.45) is 0 Å². The highest BCUT2D eigenvalue weighted by atomic mass is 19.1. The zero-order valence-corrected chi connectivity index (χ0v) is 13.4. The van der Waals surface area contributed by atoms with E-state index in [1.165, 1.54) is 19.1 Å². The molecule has 2 aromatic carbocycles. The fourth-order valence-electron chi connectivity index (χ4n) is 2.49. The number of benzene rings is 2. The molecule has 2 amide bonds. The Bertz CT molecular complexity index is 822. The molecule has 1 aliphatic rings. The zero-order chi connectivity index (χ0) is 17.3. The second kappa shape index (κ2) is 5.96. The quantitative estimate of drug-likeness (QED) is 0.851. The predicted octanol–water partition coefficient (Wildman–Crippen LogP) is 2.54. The van der Waals surface area contributed by atoms with Crippen molar-refractivity contribution in [3.63, 3.8) is 0 Å². The van der Waals surface area contributed by atoms with E-state index in [2.05, 4.69) is 10.6 Å². The maximum atomic E-state index is 13.2. The smallest absolute Gasteiger partial charge is 0.278 e. The molecule has 0 bridgehead atoms. The number of carbonyl (C=O) groups is 2. The molecule has 2 aromatic rings. The van der Waals surface area contributed by atoms with Gasteiger partial charge in [-0.25, -0.2) is 4.39 Å². The van der Waals surface area contributed by atoms with Crippen molar-refractivity contribution < 1.29 is 18.7 Å². The highest BCUT2D eigenvalue weighted by molar-refractivity contribution is 6.15. The van der Waals surface area contributed by atoms with Gasteiger partial charge < -0.3 is 15.4 Å².